The van der Waals surface area contributed by atoms with Gasteiger partial charge in [0.2, 0.25) is 0 Å². The van der Waals surface area contributed by atoms with Crippen molar-refractivity contribution in [3.63, 3.8) is 0 Å². The number of carbonyl (C=O) groups excluding carboxylic acids is 1. The maximum Gasteiger partial charge on any atom is 0.151 e. The van der Waals surface area contributed by atoms with Crippen LogP contribution in [0.4, 0.5) is 5.69 Å². The van der Waals surface area contributed by atoms with E-state index in [1.807, 2.05) is 12.1 Å². The van der Waals surface area contributed by atoms with Gasteiger partial charge in [-0.25, -0.2) is 0 Å². The van der Waals surface area contributed by atoms with Crippen LogP contribution < -0.4 is 4.90 Å². The van der Waals surface area contributed by atoms with Gasteiger partial charge in [-0.15, -0.1) is 0 Å². The van der Waals surface area contributed by atoms with Gasteiger partial charge in [-0.3, -0.25) is 4.79 Å². The Kier molecular flexibility index (Phi) is 3.89. The first-order chi connectivity index (χ1) is 9.29. The third-order valence-electron chi connectivity index (χ3n) is 4.17. The summed E-state index contributed by atoms with van der Waals surface area (Å²) in [7, 11) is 0. The van der Waals surface area contributed by atoms with E-state index >= 15 is 0 Å². The molecule has 0 spiro atoms. The Labute approximate surface area is 122 Å². The second-order valence-electron chi connectivity index (χ2n) is 5.28. The van der Waals surface area contributed by atoms with Crippen LogP contribution in [0.15, 0.2) is 22.7 Å². The molecule has 2 aliphatic rings. The molecule has 1 heterocycles. The molecule has 1 aromatic rings. The molecule has 1 aliphatic heterocycles. The van der Waals surface area contributed by atoms with Crippen molar-refractivity contribution in [2.75, 3.05) is 18.1 Å². The van der Waals surface area contributed by atoms with Gasteiger partial charge in [0.25, 0.3) is 0 Å². The Hall–Kier alpha value is -0.870. The van der Waals surface area contributed by atoms with Crippen LogP contribution in [-0.2, 0) is 4.74 Å². The van der Waals surface area contributed by atoms with Crippen molar-refractivity contribution in [1.82, 2.24) is 0 Å². The lowest BCUT2D eigenvalue weighted by Gasteiger charge is -2.45. The molecule has 1 saturated heterocycles. The number of anilines is 1. The lowest BCUT2D eigenvalue weighted by Crippen LogP contribution is -2.52. The monoisotopic (exact) mass is 323 g/mol. The lowest BCUT2D eigenvalue weighted by molar-refractivity contribution is -0.00868. The van der Waals surface area contributed by atoms with Crippen LogP contribution >= 0.6 is 15.9 Å². The molecule has 1 aliphatic carbocycles. The minimum Gasteiger partial charge on any atom is -0.374 e. The Morgan fingerprint density at radius 1 is 1.32 bits per heavy atom. The zero-order valence-corrected chi connectivity index (χ0v) is 12.4. The second kappa shape index (κ2) is 5.63. The van der Waals surface area contributed by atoms with Gasteiger partial charge in [-0.1, -0.05) is 12.8 Å². The number of rotatable bonds is 2. The summed E-state index contributed by atoms with van der Waals surface area (Å²) in [5.41, 5.74) is 1.90. The molecule has 4 heteroatoms. The van der Waals surface area contributed by atoms with Crippen molar-refractivity contribution in [1.29, 1.82) is 0 Å². The topological polar surface area (TPSA) is 29.5 Å². The maximum atomic E-state index is 10.9. The smallest absolute Gasteiger partial charge is 0.151 e. The first kappa shape index (κ1) is 13.1. The zero-order chi connectivity index (χ0) is 13.2. The number of benzene rings is 1. The third-order valence-corrected chi connectivity index (χ3v) is 4.86. The van der Waals surface area contributed by atoms with Gasteiger partial charge in [0.15, 0.2) is 6.29 Å². The third kappa shape index (κ3) is 2.56. The van der Waals surface area contributed by atoms with Crippen molar-refractivity contribution >= 4 is 27.9 Å². The van der Waals surface area contributed by atoms with Crippen molar-refractivity contribution in [2.24, 2.45) is 0 Å². The fourth-order valence-corrected chi connectivity index (χ4v) is 3.67. The highest BCUT2D eigenvalue weighted by Crippen LogP contribution is 2.33. The number of halogens is 1. The van der Waals surface area contributed by atoms with Gasteiger partial charge >= 0.3 is 0 Å². The molecule has 0 radical (unpaired) electrons. The Balaban J connectivity index is 1.87. The highest BCUT2D eigenvalue weighted by molar-refractivity contribution is 9.10. The Bertz CT molecular complexity index is 475. The van der Waals surface area contributed by atoms with Crippen LogP contribution in [0.1, 0.15) is 36.0 Å². The average molecular weight is 324 g/mol. The van der Waals surface area contributed by atoms with E-state index in [4.69, 9.17) is 4.74 Å². The molecule has 0 amide bonds. The summed E-state index contributed by atoms with van der Waals surface area (Å²) in [5, 5.41) is 0. The normalized spacial score (nSPS) is 26.9. The zero-order valence-electron chi connectivity index (χ0n) is 10.8. The summed E-state index contributed by atoms with van der Waals surface area (Å²) in [6, 6.07) is 6.49. The number of nitrogens with zero attached hydrogens (tertiary/aromatic N) is 1. The molecule has 3 nitrogen and oxygen atoms in total. The molecule has 2 atom stereocenters. The van der Waals surface area contributed by atoms with Gasteiger partial charge in [0.05, 0.1) is 18.8 Å². The average Bonchev–Trinajstić information content (AvgIpc) is 2.46. The molecule has 3 rings (SSSR count). The van der Waals surface area contributed by atoms with Gasteiger partial charge in [0.1, 0.15) is 0 Å². The number of hydrogen-bond acceptors (Lipinski definition) is 3. The van der Waals surface area contributed by atoms with E-state index in [0.29, 0.717) is 17.7 Å². The number of fused-ring (bicyclic) bond motifs is 1. The number of carbonyl (C=O) groups is 1. The Morgan fingerprint density at radius 2 is 2.16 bits per heavy atom. The fourth-order valence-electron chi connectivity index (χ4n) is 3.21. The Morgan fingerprint density at radius 3 is 2.95 bits per heavy atom. The molecule has 1 aromatic carbocycles. The van der Waals surface area contributed by atoms with E-state index < -0.39 is 0 Å². The second-order valence-corrected chi connectivity index (χ2v) is 6.13. The van der Waals surface area contributed by atoms with E-state index in [0.717, 1.165) is 23.9 Å². The fraction of sp³-hybridized carbons (Fsp3) is 0.533. The summed E-state index contributed by atoms with van der Waals surface area (Å²) in [6.45, 7) is 1.74. The number of hydrogen-bond donors (Lipinski definition) is 0. The number of morpholine rings is 1. The first-order valence-corrected chi connectivity index (χ1v) is 7.72. The SMILES string of the molecule is O=Cc1ccc(N2CCOC3CCCCC32)cc1Br. The molecule has 102 valence electrons. The van der Waals surface area contributed by atoms with Crippen molar-refractivity contribution in [3.8, 4) is 0 Å². The molecule has 1 saturated carbocycles. The summed E-state index contributed by atoms with van der Waals surface area (Å²) in [6.07, 6.45) is 6.22. The molecular formula is C15H18BrNO2. The van der Waals surface area contributed by atoms with Gasteiger partial charge in [-0.2, -0.15) is 0 Å². The summed E-state index contributed by atoms with van der Waals surface area (Å²) in [4.78, 5) is 13.3. The highest BCUT2D eigenvalue weighted by Gasteiger charge is 2.34. The highest BCUT2D eigenvalue weighted by atomic mass is 79.9. The maximum absolute atomic E-state index is 10.9. The van der Waals surface area contributed by atoms with E-state index in [2.05, 4.69) is 26.9 Å². The van der Waals surface area contributed by atoms with Crippen molar-refractivity contribution in [2.45, 2.75) is 37.8 Å². The van der Waals surface area contributed by atoms with Gasteiger partial charge in [0, 0.05) is 22.3 Å². The van der Waals surface area contributed by atoms with Crippen molar-refractivity contribution in [3.05, 3.63) is 28.2 Å². The van der Waals surface area contributed by atoms with E-state index in [1.54, 1.807) is 0 Å². The standard InChI is InChI=1S/C15H18BrNO2/c16-13-9-12(6-5-11(13)10-18)17-7-8-19-15-4-2-1-3-14(15)17/h5-6,9-10,14-15H,1-4,7-8H2. The predicted molar refractivity (Wildman–Crippen MR) is 78.9 cm³/mol. The van der Waals surface area contributed by atoms with Crippen LogP contribution in [0, 0.1) is 0 Å². The lowest BCUT2D eigenvalue weighted by atomic mass is 9.90. The van der Waals surface area contributed by atoms with Crippen LogP contribution in [-0.4, -0.2) is 31.6 Å². The molecule has 19 heavy (non-hydrogen) atoms. The number of ether oxygens (including phenoxy) is 1. The van der Waals surface area contributed by atoms with E-state index in [9.17, 15) is 4.79 Å². The molecule has 0 bridgehead atoms. The van der Waals surface area contributed by atoms with Crippen molar-refractivity contribution < 1.29 is 9.53 Å². The largest absolute Gasteiger partial charge is 0.374 e. The van der Waals surface area contributed by atoms with Gasteiger partial charge < -0.3 is 9.64 Å². The molecular weight excluding hydrogens is 306 g/mol. The molecule has 2 unspecified atom stereocenters. The van der Waals surface area contributed by atoms with E-state index in [-0.39, 0.29) is 0 Å². The van der Waals surface area contributed by atoms with Gasteiger partial charge in [-0.05, 0) is 47.0 Å². The minimum atomic E-state index is 0.382. The first-order valence-electron chi connectivity index (χ1n) is 6.92. The number of aldehydes is 1. The van der Waals surface area contributed by atoms with Crippen LogP contribution in [0.25, 0.3) is 0 Å². The predicted octanol–water partition coefficient (Wildman–Crippen LogP) is 3.41. The summed E-state index contributed by atoms with van der Waals surface area (Å²) in [5.74, 6) is 0. The molecule has 2 fully saturated rings. The van der Waals surface area contributed by atoms with Crippen LogP contribution in [0.5, 0.6) is 0 Å². The summed E-state index contributed by atoms with van der Waals surface area (Å²) >= 11 is 3.47. The molecule has 0 N–H and O–H groups in total. The van der Waals surface area contributed by atoms with E-state index in [1.165, 1.54) is 31.4 Å². The summed E-state index contributed by atoms with van der Waals surface area (Å²) < 4.78 is 6.77. The van der Waals surface area contributed by atoms with Crippen LogP contribution in [0.3, 0.4) is 0 Å². The molecule has 0 aromatic heterocycles. The quantitative estimate of drug-likeness (QED) is 0.781. The minimum absolute atomic E-state index is 0.382. The van der Waals surface area contributed by atoms with Crippen LogP contribution in [0.2, 0.25) is 0 Å².